The van der Waals surface area contributed by atoms with E-state index in [1.54, 1.807) is 19.9 Å². The van der Waals surface area contributed by atoms with Gasteiger partial charge in [-0.2, -0.15) is 0 Å². The SMILES string of the molecule is Cc1cc(C(=O)OC2CCCC2)cc(S(=O)(=O)Cl)c1C. The Morgan fingerprint density at radius 1 is 1.25 bits per heavy atom. The van der Waals surface area contributed by atoms with Crippen molar-refractivity contribution in [3.63, 3.8) is 0 Å². The van der Waals surface area contributed by atoms with Crippen LogP contribution in [-0.2, 0) is 13.8 Å². The molecule has 20 heavy (non-hydrogen) atoms. The van der Waals surface area contributed by atoms with Crippen molar-refractivity contribution < 1.29 is 17.9 Å². The number of hydrogen-bond donors (Lipinski definition) is 0. The van der Waals surface area contributed by atoms with E-state index in [4.69, 9.17) is 15.4 Å². The van der Waals surface area contributed by atoms with Gasteiger partial charge in [-0.25, -0.2) is 13.2 Å². The molecule has 0 bridgehead atoms. The number of esters is 1. The first-order valence-corrected chi connectivity index (χ1v) is 8.87. The summed E-state index contributed by atoms with van der Waals surface area (Å²) >= 11 is 0. The highest BCUT2D eigenvalue weighted by atomic mass is 35.7. The highest BCUT2D eigenvalue weighted by Crippen LogP contribution is 2.26. The second-order valence-electron chi connectivity index (χ2n) is 5.17. The fraction of sp³-hybridized carbons (Fsp3) is 0.500. The van der Waals surface area contributed by atoms with Crippen molar-refractivity contribution in [2.45, 2.75) is 50.5 Å². The van der Waals surface area contributed by atoms with Gasteiger partial charge in [0.15, 0.2) is 0 Å². The first kappa shape index (κ1) is 15.3. The summed E-state index contributed by atoms with van der Waals surface area (Å²) < 4.78 is 28.5. The Morgan fingerprint density at radius 2 is 1.85 bits per heavy atom. The van der Waals surface area contributed by atoms with Crippen LogP contribution >= 0.6 is 10.7 Å². The zero-order valence-corrected chi connectivity index (χ0v) is 13.1. The van der Waals surface area contributed by atoms with Crippen molar-refractivity contribution >= 4 is 25.7 Å². The summed E-state index contributed by atoms with van der Waals surface area (Å²) in [5, 5.41) is 0. The van der Waals surface area contributed by atoms with Crippen LogP contribution in [0, 0.1) is 13.8 Å². The van der Waals surface area contributed by atoms with E-state index in [0.717, 1.165) is 25.7 Å². The lowest BCUT2D eigenvalue weighted by Crippen LogP contribution is -2.15. The molecule has 0 heterocycles. The number of carbonyl (C=O) groups is 1. The van der Waals surface area contributed by atoms with Gasteiger partial charge >= 0.3 is 5.97 Å². The molecule has 1 aromatic rings. The topological polar surface area (TPSA) is 60.4 Å². The van der Waals surface area contributed by atoms with Gasteiger partial charge in [0.25, 0.3) is 9.05 Å². The minimum Gasteiger partial charge on any atom is -0.459 e. The summed E-state index contributed by atoms with van der Waals surface area (Å²) in [7, 11) is 1.53. The Morgan fingerprint density at radius 3 is 2.40 bits per heavy atom. The molecule has 0 amide bonds. The van der Waals surface area contributed by atoms with E-state index in [2.05, 4.69) is 0 Å². The molecule has 0 spiro atoms. The summed E-state index contributed by atoms with van der Waals surface area (Å²) in [5.41, 5.74) is 1.49. The quantitative estimate of drug-likeness (QED) is 0.634. The Kier molecular flexibility index (Phi) is 4.39. The van der Waals surface area contributed by atoms with Crippen molar-refractivity contribution in [1.82, 2.24) is 0 Å². The minimum atomic E-state index is -3.87. The minimum absolute atomic E-state index is 0.0301. The third-order valence-corrected chi connectivity index (χ3v) is 5.14. The smallest absolute Gasteiger partial charge is 0.338 e. The predicted octanol–water partition coefficient (Wildman–Crippen LogP) is 3.33. The molecule has 0 atom stereocenters. The molecular formula is C14H17ClO4S. The molecule has 1 saturated carbocycles. The Hall–Kier alpha value is -1.07. The fourth-order valence-electron chi connectivity index (χ4n) is 2.42. The van der Waals surface area contributed by atoms with Crippen LogP contribution in [0.5, 0.6) is 0 Å². The molecule has 1 fully saturated rings. The van der Waals surface area contributed by atoms with E-state index < -0.39 is 15.0 Å². The molecule has 0 N–H and O–H groups in total. The molecule has 1 aliphatic carbocycles. The number of rotatable bonds is 3. The summed E-state index contributed by atoms with van der Waals surface area (Å²) in [6.07, 6.45) is 3.81. The Labute approximate surface area is 123 Å². The van der Waals surface area contributed by atoms with Crippen molar-refractivity contribution in [2.24, 2.45) is 0 Å². The van der Waals surface area contributed by atoms with Gasteiger partial charge in [0, 0.05) is 10.7 Å². The monoisotopic (exact) mass is 316 g/mol. The van der Waals surface area contributed by atoms with Crippen molar-refractivity contribution in [3.05, 3.63) is 28.8 Å². The van der Waals surface area contributed by atoms with Crippen LogP contribution in [0.25, 0.3) is 0 Å². The molecule has 110 valence electrons. The van der Waals surface area contributed by atoms with Gasteiger partial charge in [0.2, 0.25) is 0 Å². The van der Waals surface area contributed by atoms with E-state index in [-0.39, 0.29) is 16.6 Å². The van der Waals surface area contributed by atoms with Crippen LogP contribution in [0.2, 0.25) is 0 Å². The van der Waals surface area contributed by atoms with E-state index in [1.807, 2.05) is 0 Å². The third kappa shape index (κ3) is 3.33. The van der Waals surface area contributed by atoms with Gasteiger partial charge in [0.05, 0.1) is 10.5 Å². The van der Waals surface area contributed by atoms with E-state index >= 15 is 0 Å². The zero-order valence-electron chi connectivity index (χ0n) is 11.5. The summed E-state index contributed by atoms with van der Waals surface area (Å²) in [6, 6.07) is 2.93. The molecule has 0 radical (unpaired) electrons. The molecule has 6 heteroatoms. The lowest BCUT2D eigenvalue weighted by Gasteiger charge is -2.13. The highest BCUT2D eigenvalue weighted by Gasteiger charge is 2.23. The van der Waals surface area contributed by atoms with Crippen molar-refractivity contribution in [2.75, 3.05) is 0 Å². The van der Waals surface area contributed by atoms with Gasteiger partial charge in [-0.3, -0.25) is 0 Å². The largest absolute Gasteiger partial charge is 0.459 e. The third-order valence-electron chi connectivity index (χ3n) is 3.69. The van der Waals surface area contributed by atoms with Crippen LogP contribution < -0.4 is 0 Å². The van der Waals surface area contributed by atoms with E-state index in [1.165, 1.54) is 6.07 Å². The van der Waals surface area contributed by atoms with Gasteiger partial charge in [-0.15, -0.1) is 0 Å². The predicted molar refractivity (Wildman–Crippen MR) is 76.6 cm³/mol. The molecule has 0 unspecified atom stereocenters. The van der Waals surface area contributed by atoms with Gasteiger partial charge in [0.1, 0.15) is 6.10 Å². The van der Waals surface area contributed by atoms with E-state index in [9.17, 15) is 13.2 Å². The average Bonchev–Trinajstić information content (AvgIpc) is 2.83. The van der Waals surface area contributed by atoms with Crippen LogP contribution in [0.1, 0.15) is 47.2 Å². The maximum atomic E-state index is 12.1. The van der Waals surface area contributed by atoms with Gasteiger partial charge in [-0.1, -0.05) is 0 Å². The Balaban J connectivity index is 2.32. The summed E-state index contributed by atoms with van der Waals surface area (Å²) in [5.74, 6) is -0.485. The maximum absolute atomic E-state index is 12.1. The normalized spacial score (nSPS) is 16.4. The molecule has 1 aliphatic rings. The van der Waals surface area contributed by atoms with Crippen LogP contribution in [-0.4, -0.2) is 20.5 Å². The molecule has 4 nitrogen and oxygen atoms in total. The molecule has 0 aliphatic heterocycles. The van der Waals surface area contributed by atoms with Crippen LogP contribution in [0.15, 0.2) is 17.0 Å². The number of benzene rings is 1. The van der Waals surface area contributed by atoms with Gasteiger partial charge < -0.3 is 4.74 Å². The summed E-state index contributed by atoms with van der Waals surface area (Å²) in [6.45, 7) is 3.41. The number of ether oxygens (including phenoxy) is 1. The first-order valence-electron chi connectivity index (χ1n) is 6.56. The van der Waals surface area contributed by atoms with Gasteiger partial charge in [-0.05, 0) is 62.8 Å². The molecule has 1 aromatic carbocycles. The van der Waals surface area contributed by atoms with Crippen LogP contribution in [0.4, 0.5) is 0 Å². The standard InChI is InChI=1S/C14H17ClO4S/c1-9-7-11(8-13(10(9)2)20(15,17)18)14(16)19-12-5-3-4-6-12/h7-8,12H,3-6H2,1-2H3. The summed E-state index contributed by atoms with van der Waals surface area (Å²) in [4.78, 5) is 12.1. The lowest BCUT2D eigenvalue weighted by molar-refractivity contribution is 0.0317. The van der Waals surface area contributed by atoms with Crippen molar-refractivity contribution in [1.29, 1.82) is 0 Å². The maximum Gasteiger partial charge on any atom is 0.338 e. The average molecular weight is 317 g/mol. The number of hydrogen-bond acceptors (Lipinski definition) is 4. The number of aryl methyl sites for hydroxylation is 1. The Bertz CT molecular complexity index is 631. The lowest BCUT2D eigenvalue weighted by atomic mass is 10.1. The molecule has 0 aromatic heterocycles. The molecule has 2 rings (SSSR count). The molecule has 0 saturated heterocycles. The number of halogens is 1. The van der Waals surface area contributed by atoms with Crippen molar-refractivity contribution in [3.8, 4) is 0 Å². The molecular weight excluding hydrogens is 300 g/mol. The van der Waals surface area contributed by atoms with Crippen LogP contribution in [0.3, 0.4) is 0 Å². The van der Waals surface area contributed by atoms with E-state index in [0.29, 0.717) is 11.1 Å². The highest BCUT2D eigenvalue weighted by molar-refractivity contribution is 8.13. The second kappa shape index (κ2) is 5.74. The fourth-order valence-corrected chi connectivity index (χ4v) is 3.70. The zero-order chi connectivity index (χ0) is 14.9. The second-order valence-corrected chi connectivity index (χ2v) is 7.70. The first-order chi connectivity index (χ1) is 9.29. The number of carbonyl (C=O) groups excluding carboxylic acids is 1.